The molecular weight excluding hydrogens is 220 g/mol. The fraction of sp³-hybridized carbons (Fsp3) is 0.545. The molecule has 1 unspecified atom stereocenters. The smallest absolute Gasteiger partial charge is 0.358 e. The highest BCUT2D eigenvalue weighted by Crippen LogP contribution is 2.04. The zero-order valence-corrected chi connectivity index (χ0v) is 10.4. The lowest BCUT2D eigenvalue weighted by atomic mass is 10.2. The second kappa shape index (κ2) is 6.80. The molecule has 1 aromatic rings. The largest absolute Gasteiger partial charge is 0.464 e. The summed E-state index contributed by atoms with van der Waals surface area (Å²) in [5.41, 5.74) is 0.207. The van der Waals surface area contributed by atoms with Gasteiger partial charge in [0.1, 0.15) is 5.82 Å². The van der Waals surface area contributed by atoms with E-state index in [0.29, 0.717) is 11.7 Å². The Morgan fingerprint density at radius 2 is 2.24 bits per heavy atom. The van der Waals surface area contributed by atoms with Gasteiger partial charge in [0.25, 0.3) is 0 Å². The van der Waals surface area contributed by atoms with E-state index in [1.54, 1.807) is 6.20 Å². The molecule has 0 radical (unpaired) electrons. The molecule has 94 valence electrons. The molecule has 0 aliphatic carbocycles. The molecule has 1 atom stereocenters. The molecule has 0 amide bonds. The van der Waals surface area contributed by atoms with Crippen LogP contribution in [0, 0.1) is 5.92 Å². The molecule has 0 saturated heterocycles. The first-order valence-corrected chi connectivity index (χ1v) is 5.46. The van der Waals surface area contributed by atoms with Crippen molar-refractivity contribution in [2.24, 2.45) is 5.92 Å². The molecule has 6 heteroatoms. The van der Waals surface area contributed by atoms with Crippen LogP contribution in [-0.2, 0) is 4.74 Å². The van der Waals surface area contributed by atoms with Gasteiger partial charge >= 0.3 is 5.97 Å². The van der Waals surface area contributed by atoms with E-state index in [-0.39, 0.29) is 5.69 Å². The van der Waals surface area contributed by atoms with E-state index in [4.69, 9.17) is 0 Å². The number of esters is 1. The van der Waals surface area contributed by atoms with Gasteiger partial charge in [0.05, 0.1) is 19.5 Å². The molecule has 0 saturated carbocycles. The fourth-order valence-electron chi connectivity index (χ4n) is 1.35. The third-order valence-electron chi connectivity index (χ3n) is 2.21. The van der Waals surface area contributed by atoms with Crippen molar-refractivity contribution < 1.29 is 9.53 Å². The second-order valence-corrected chi connectivity index (χ2v) is 3.82. The maximum atomic E-state index is 11.2. The summed E-state index contributed by atoms with van der Waals surface area (Å²) in [7, 11) is 3.23. The first-order valence-electron chi connectivity index (χ1n) is 5.46. The minimum atomic E-state index is -0.482. The molecule has 0 fully saturated rings. The van der Waals surface area contributed by atoms with Crippen molar-refractivity contribution in [2.45, 2.75) is 6.92 Å². The molecule has 1 heterocycles. The Morgan fingerprint density at radius 1 is 1.47 bits per heavy atom. The van der Waals surface area contributed by atoms with Gasteiger partial charge in [0, 0.05) is 6.54 Å². The first-order chi connectivity index (χ1) is 8.17. The van der Waals surface area contributed by atoms with Crippen LogP contribution in [0.25, 0.3) is 0 Å². The fourth-order valence-corrected chi connectivity index (χ4v) is 1.35. The average molecular weight is 238 g/mol. The highest BCUT2D eigenvalue weighted by atomic mass is 16.5. The molecule has 1 rings (SSSR count). The first kappa shape index (κ1) is 13.4. The van der Waals surface area contributed by atoms with Crippen molar-refractivity contribution in [3.05, 3.63) is 18.1 Å². The number of hydrogen-bond donors (Lipinski definition) is 2. The van der Waals surface area contributed by atoms with E-state index in [1.807, 2.05) is 7.05 Å². The third kappa shape index (κ3) is 4.36. The average Bonchev–Trinajstić information content (AvgIpc) is 2.36. The molecule has 0 spiro atoms. The number of ether oxygens (including phenoxy) is 1. The molecular formula is C11H18N4O2. The van der Waals surface area contributed by atoms with Gasteiger partial charge in [-0.15, -0.1) is 0 Å². The Bertz CT molecular complexity index is 370. The Labute approximate surface area is 101 Å². The van der Waals surface area contributed by atoms with Gasteiger partial charge in [-0.25, -0.2) is 9.78 Å². The van der Waals surface area contributed by atoms with Crippen LogP contribution in [0.4, 0.5) is 5.82 Å². The van der Waals surface area contributed by atoms with E-state index in [1.165, 1.54) is 13.3 Å². The number of nitrogens with zero attached hydrogens (tertiary/aromatic N) is 2. The molecule has 2 N–H and O–H groups in total. The number of hydrogen-bond acceptors (Lipinski definition) is 6. The molecule has 0 bridgehead atoms. The Hall–Kier alpha value is -1.69. The summed E-state index contributed by atoms with van der Waals surface area (Å²) in [5, 5.41) is 6.22. The quantitative estimate of drug-likeness (QED) is 0.704. The van der Waals surface area contributed by atoms with Gasteiger partial charge in [-0.3, -0.25) is 4.98 Å². The number of anilines is 1. The van der Waals surface area contributed by atoms with Crippen LogP contribution < -0.4 is 10.6 Å². The maximum absolute atomic E-state index is 11.2. The normalized spacial score (nSPS) is 11.9. The third-order valence-corrected chi connectivity index (χ3v) is 2.21. The van der Waals surface area contributed by atoms with Crippen molar-refractivity contribution >= 4 is 11.8 Å². The number of carbonyl (C=O) groups excluding carboxylic acids is 1. The van der Waals surface area contributed by atoms with Gasteiger partial charge in [0.2, 0.25) is 0 Å². The van der Waals surface area contributed by atoms with E-state index in [0.717, 1.165) is 13.1 Å². The summed E-state index contributed by atoms with van der Waals surface area (Å²) in [6.45, 7) is 3.79. The van der Waals surface area contributed by atoms with Crippen LogP contribution in [-0.4, -0.2) is 43.2 Å². The SMILES string of the molecule is CNCC(C)CNc1cncc(C(=O)OC)n1. The number of aromatic nitrogens is 2. The van der Waals surface area contributed by atoms with E-state index >= 15 is 0 Å². The highest BCUT2D eigenvalue weighted by molar-refractivity contribution is 5.87. The molecule has 0 aliphatic rings. The monoisotopic (exact) mass is 238 g/mol. The number of rotatable bonds is 6. The molecule has 17 heavy (non-hydrogen) atoms. The van der Waals surface area contributed by atoms with Crippen LogP contribution in [0.1, 0.15) is 17.4 Å². The number of nitrogens with one attached hydrogen (secondary N) is 2. The zero-order chi connectivity index (χ0) is 12.7. The summed E-state index contributed by atoms with van der Waals surface area (Å²) in [6.07, 6.45) is 2.96. The molecule has 1 aromatic heterocycles. The van der Waals surface area contributed by atoms with E-state index < -0.39 is 5.97 Å². The van der Waals surface area contributed by atoms with E-state index in [2.05, 4.69) is 32.3 Å². The van der Waals surface area contributed by atoms with Crippen LogP contribution >= 0.6 is 0 Å². The van der Waals surface area contributed by atoms with Crippen LogP contribution in [0.2, 0.25) is 0 Å². The van der Waals surface area contributed by atoms with Crippen molar-refractivity contribution in [1.29, 1.82) is 0 Å². The maximum Gasteiger partial charge on any atom is 0.358 e. The highest BCUT2D eigenvalue weighted by Gasteiger charge is 2.08. The predicted octanol–water partition coefficient (Wildman–Crippen LogP) is 0.531. The Kier molecular flexibility index (Phi) is 5.35. The predicted molar refractivity (Wildman–Crippen MR) is 65.0 cm³/mol. The van der Waals surface area contributed by atoms with Gasteiger partial charge in [-0.1, -0.05) is 6.92 Å². The lowest BCUT2D eigenvalue weighted by Crippen LogP contribution is -2.23. The topological polar surface area (TPSA) is 76.1 Å². The summed E-state index contributed by atoms with van der Waals surface area (Å²) in [6, 6.07) is 0. The van der Waals surface area contributed by atoms with Crippen LogP contribution in [0.5, 0.6) is 0 Å². The zero-order valence-electron chi connectivity index (χ0n) is 10.4. The van der Waals surface area contributed by atoms with Gasteiger partial charge < -0.3 is 15.4 Å². The Morgan fingerprint density at radius 3 is 2.88 bits per heavy atom. The molecule has 0 aromatic carbocycles. The lowest BCUT2D eigenvalue weighted by molar-refractivity contribution is 0.0593. The van der Waals surface area contributed by atoms with Crippen molar-refractivity contribution in [2.75, 3.05) is 32.6 Å². The van der Waals surface area contributed by atoms with Crippen molar-refractivity contribution in [3.63, 3.8) is 0 Å². The second-order valence-electron chi connectivity index (χ2n) is 3.82. The summed E-state index contributed by atoms with van der Waals surface area (Å²) < 4.78 is 4.58. The summed E-state index contributed by atoms with van der Waals surface area (Å²) in [4.78, 5) is 19.3. The van der Waals surface area contributed by atoms with Gasteiger partial charge in [0.15, 0.2) is 5.69 Å². The summed E-state index contributed by atoms with van der Waals surface area (Å²) in [5.74, 6) is 0.559. The minimum absolute atomic E-state index is 0.207. The minimum Gasteiger partial charge on any atom is -0.464 e. The number of carbonyl (C=O) groups is 1. The van der Waals surface area contributed by atoms with E-state index in [9.17, 15) is 4.79 Å². The van der Waals surface area contributed by atoms with Crippen LogP contribution in [0.15, 0.2) is 12.4 Å². The number of methoxy groups -OCH3 is 1. The van der Waals surface area contributed by atoms with Crippen molar-refractivity contribution in [1.82, 2.24) is 15.3 Å². The molecule has 0 aliphatic heterocycles. The lowest BCUT2D eigenvalue weighted by Gasteiger charge is -2.12. The standard InChI is InChI=1S/C11H18N4O2/c1-8(4-12-2)5-14-10-7-13-6-9(15-10)11(16)17-3/h6-8,12H,4-5H2,1-3H3,(H,14,15). The Balaban J connectivity index is 2.57. The van der Waals surface area contributed by atoms with Gasteiger partial charge in [-0.2, -0.15) is 0 Å². The molecule has 6 nitrogen and oxygen atoms in total. The van der Waals surface area contributed by atoms with Gasteiger partial charge in [-0.05, 0) is 19.5 Å². The summed E-state index contributed by atoms with van der Waals surface area (Å²) >= 11 is 0. The van der Waals surface area contributed by atoms with Crippen LogP contribution in [0.3, 0.4) is 0 Å². The van der Waals surface area contributed by atoms with Crippen molar-refractivity contribution in [3.8, 4) is 0 Å².